The van der Waals surface area contributed by atoms with Crippen molar-refractivity contribution in [1.82, 2.24) is 10.1 Å². The zero-order valence-electron chi connectivity index (χ0n) is 6.99. The minimum atomic E-state index is 0.260. The Hall–Kier alpha value is -1.06. The van der Waals surface area contributed by atoms with E-state index < -0.39 is 0 Å². The molecule has 66 valence electrons. The van der Waals surface area contributed by atoms with Crippen LogP contribution in [0.5, 0.6) is 0 Å². The highest BCUT2D eigenvalue weighted by Gasteiger charge is 2.20. The smallest absolute Gasteiger partial charge is 0.260 e. The molecule has 1 aromatic rings. The SMILES string of the molecule is Nc1noc(C2CCCCC2)n1. The Morgan fingerprint density at radius 2 is 2.00 bits per heavy atom. The fraction of sp³-hybridized carbons (Fsp3) is 0.750. The Labute approximate surface area is 71.1 Å². The van der Waals surface area contributed by atoms with Gasteiger partial charge in [0.1, 0.15) is 0 Å². The average Bonchev–Trinajstić information content (AvgIpc) is 2.54. The molecular formula is C8H13N3O. The molecule has 0 atom stereocenters. The number of rotatable bonds is 1. The number of aromatic nitrogens is 2. The average molecular weight is 167 g/mol. The zero-order valence-corrected chi connectivity index (χ0v) is 6.99. The highest BCUT2D eigenvalue weighted by molar-refractivity contribution is 5.12. The van der Waals surface area contributed by atoms with Crippen molar-refractivity contribution in [2.24, 2.45) is 0 Å². The minimum Gasteiger partial charge on any atom is -0.365 e. The summed E-state index contributed by atoms with van der Waals surface area (Å²) in [7, 11) is 0. The fourth-order valence-electron chi connectivity index (χ4n) is 1.76. The van der Waals surface area contributed by atoms with E-state index in [0.717, 1.165) is 5.89 Å². The van der Waals surface area contributed by atoms with Gasteiger partial charge in [0.05, 0.1) is 0 Å². The number of hydrogen-bond acceptors (Lipinski definition) is 4. The lowest BCUT2D eigenvalue weighted by atomic mass is 9.89. The second kappa shape index (κ2) is 3.13. The molecule has 0 bridgehead atoms. The molecule has 0 spiro atoms. The summed E-state index contributed by atoms with van der Waals surface area (Å²) in [5.41, 5.74) is 5.37. The Morgan fingerprint density at radius 3 is 2.58 bits per heavy atom. The molecular weight excluding hydrogens is 154 g/mol. The molecule has 0 saturated heterocycles. The van der Waals surface area contributed by atoms with Crippen LogP contribution in [-0.2, 0) is 0 Å². The molecule has 1 heterocycles. The number of nitrogens with zero attached hydrogens (tertiary/aromatic N) is 2. The van der Waals surface area contributed by atoms with Crippen LogP contribution in [0.1, 0.15) is 43.9 Å². The number of nitrogens with two attached hydrogens (primary N) is 1. The van der Waals surface area contributed by atoms with Gasteiger partial charge in [0.25, 0.3) is 5.95 Å². The van der Waals surface area contributed by atoms with E-state index in [-0.39, 0.29) is 5.95 Å². The maximum atomic E-state index is 5.37. The van der Waals surface area contributed by atoms with Crippen molar-refractivity contribution in [2.75, 3.05) is 5.73 Å². The molecule has 0 radical (unpaired) electrons. The number of hydrogen-bond donors (Lipinski definition) is 1. The van der Waals surface area contributed by atoms with Crippen LogP contribution < -0.4 is 5.73 Å². The lowest BCUT2D eigenvalue weighted by Crippen LogP contribution is -2.04. The van der Waals surface area contributed by atoms with Gasteiger partial charge in [0.15, 0.2) is 0 Å². The van der Waals surface area contributed by atoms with Gasteiger partial charge in [-0.1, -0.05) is 19.3 Å². The van der Waals surface area contributed by atoms with Gasteiger partial charge in [-0.3, -0.25) is 0 Å². The maximum absolute atomic E-state index is 5.37. The van der Waals surface area contributed by atoms with Crippen molar-refractivity contribution in [2.45, 2.75) is 38.0 Å². The first kappa shape index (κ1) is 7.58. The van der Waals surface area contributed by atoms with Gasteiger partial charge >= 0.3 is 0 Å². The van der Waals surface area contributed by atoms with E-state index in [1.54, 1.807) is 0 Å². The van der Waals surface area contributed by atoms with E-state index >= 15 is 0 Å². The first-order valence-corrected chi connectivity index (χ1v) is 4.45. The summed E-state index contributed by atoms with van der Waals surface area (Å²) in [5, 5.41) is 3.58. The van der Waals surface area contributed by atoms with Gasteiger partial charge in [0.2, 0.25) is 5.89 Å². The molecule has 0 unspecified atom stereocenters. The molecule has 0 aromatic carbocycles. The first-order chi connectivity index (χ1) is 5.86. The van der Waals surface area contributed by atoms with Crippen molar-refractivity contribution in [1.29, 1.82) is 0 Å². The Bertz CT molecular complexity index is 253. The summed E-state index contributed by atoms with van der Waals surface area (Å²) in [6, 6.07) is 0. The van der Waals surface area contributed by atoms with Gasteiger partial charge in [-0.15, -0.1) is 0 Å². The number of nitrogen functional groups attached to an aromatic ring is 1. The highest BCUT2D eigenvalue weighted by atomic mass is 16.5. The van der Waals surface area contributed by atoms with E-state index in [1.807, 2.05) is 0 Å². The molecule has 2 N–H and O–H groups in total. The van der Waals surface area contributed by atoms with Gasteiger partial charge in [-0.05, 0) is 18.0 Å². The topological polar surface area (TPSA) is 64.9 Å². The summed E-state index contributed by atoms with van der Waals surface area (Å²) >= 11 is 0. The lowest BCUT2D eigenvalue weighted by molar-refractivity contribution is 0.314. The van der Waals surface area contributed by atoms with E-state index in [1.165, 1.54) is 32.1 Å². The van der Waals surface area contributed by atoms with Crippen LogP contribution in [0.3, 0.4) is 0 Å². The van der Waals surface area contributed by atoms with Crippen LogP contribution >= 0.6 is 0 Å². The standard InChI is InChI=1S/C8H13N3O/c9-8-10-7(12-11-8)6-4-2-1-3-5-6/h6H,1-5H2,(H2,9,11). The molecule has 0 amide bonds. The second-order valence-electron chi connectivity index (χ2n) is 3.33. The molecule has 1 aliphatic carbocycles. The third-order valence-electron chi connectivity index (χ3n) is 2.41. The molecule has 1 fully saturated rings. The zero-order chi connectivity index (χ0) is 8.39. The quantitative estimate of drug-likeness (QED) is 0.691. The fourth-order valence-corrected chi connectivity index (χ4v) is 1.76. The molecule has 4 heteroatoms. The third kappa shape index (κ3) is 1.42. The van der Waals surface area contributed by atoms with Crippen LogP contribution in [-0.4, -0.2) is 10.1 Å². The summed E-state index contributed by atoms with van der Waals surface area (Å²) in [4.78, 5) is 4.03. The normalized spacial score (nSPS) is 19.7. The molecule has 1 aromatic heterocycles. The largest absolute Gasteiger partial charge is 0.365 e. The summed E-state index contributed by atoms with van der Waals surface area (Å²) in [6.45, 7) is 0. The molecule has 12 heavy (non-hydrogen) atoms. The van der Waals surface area contributed by atoms with Crippen LogP contribution in [0.25, 0.3) is 0 Å². The van der Waals surface area contributed by atoms with E-state index in [9.17, 15) is 0 Å². The van der Waals surface area contributed by atoms with Crippen LogP contribution in [0, 0.1) is 0 Å². The Morgan fingerprint density at radius 1 is 1.25 bits per heavy atom. The molecule has 2 rings (SSSR count). The molecule has 4 nitrogen and oxygen atoms in total. The van der Waals surface area contributed by atoms with E-state index in [4.69, 9.17) is 10.3 Å². The third-order valence-corrected chi connectivity index (χ3v) is 2.41. The maximum Gasteiger partial charge on any atom is 0.260 e. The first-order valence-electron chi connectivity index (χ1n) is 4.45. The van der Waals surface area contributed by atoms with Gasteiger partial charge in [-0.25, -0.2) is 0 Å². The summed E-state index contributed by atoms with van der Waals surface area (Å²) in [6.07, 6.45) is 6.21. The second-order valence-corrected chi connectivity index (χ2v) is 3.33. The predicted molar refractivity (Wildman–Crippen MR) is 44.5 cm³/mol. The van der Waals surface area contributed by atoms with E-state index in [0.29, 0.717) is 5.92 Å². The van der Waals surface area contributed by atoms with Crippen molar-refractivity contribution < 1.29 is 4.52 Å². The van der Waals surface area contributed by atoms with Crippen LogP contribution in [0.2, 0.25) is 0 Å². The van der Waals surface area contributed by atoms with Crippen molar-refractivity contribution in [3.63, 3.8) is 0 Å². The lowest BCUT2D eigenvalue weighted by Gasteiger charge is -2.16. The molecule has 0 aliphatic heterocycles. The Balaban J connectivity index is 2.08. The summed E-state index contributed by atoms with van der Waals surface area (Å²) < 4.78 is 5.02. The summed E-state index contributed by atoms with van der Waals surface area (Å²) in [5.74, 6) is 1.45. The highest BCUT2D eigenvalue weighted by Crippen LogP contribution is 2.31. The van der Waals surface area contributed by atoms with Gasteiger partial charge < -0.3 is 10.3 Å². The molecule has 1 aliphatic rings. The van der Waals surface area contributed by atoms with Gasteiger partial charge in [0, 0.05) is 5.92 Å². The van der Waals surface area contributed by atoms with Crippen LogP contribution in [0.15, 0.2) is 4.52 Å². The molecule has 1 saturated carbocycles. The van der Waals surface area contributed by atoms with Crippen molar-refractivity contribution in [3.05, 3.63) is 5.89 Å². The van der Waals surface area contributed by atoms with E-state index in [2.05, 4.69) is 10.1 Å². The van der Waals surface area contributed by atoms with Gasteiger partial charge in [-0.2, -0.15) is 4.98 Å². The minimum absolute atomic E-state index is 0.260. The monoisotopic (exact) mass is 167 g/mol. The van der Waals surface area contributed by atoms with Crippen molar-refractivity contribution >= 4 is 5.95 Å². The Kier molecular flexibility index (Phi) is 1.98. The van der Waals surface area contributed by atoms with Crippen molar-refractivity contribution in [3.8, 4) is 0 Å². The number of anilines is 1. The predicted octanol–water partition coefficient (Wildman–Crippen LogP) is 1.70. The van der Waals surface area contributed by atoms with Crippen LogP contribution in [0.4, 0.5) is 5.95 Å².